The van der Waals surface area contributed by atoms with E-state index in [9.17, 15) is 0 Å². The van der Waals surface area contributed by atoms with E-state index in [4.69, 9.17) is 5.73 Å². The highest BCUT2D eigenvalue weighted by Crippen LogP contribution is 2.01. The Bertz CT molecular complexity index is 294. The van der Waals surface area contributed by atoms with Gasteiger partial charge in [0.15, 0.2) is 0 Å². The summed E-state index contributed by atoms with van der Waals surface area (Å²) in [6.45, 7) is 2.38. The van der Waals surface area contributed by atoms with Gasteiger partial charge in [0.25, 0.3) is 0 Å². The van der Waals surface area contributed by atoms with Gasteiger partial charge < -0.3 is 5.73 Å². The van der Waals surface area contributed by atoms with Crippen molar-refractivity contribution >= 4 is 0 Å². The molecule has 2 nitrogen and oxygen atoms in total. The summed E-state index contributed by atoms with van der Waals surface area (Å²) in [6.07, 6.45) is 3.52. The van der Waals surface area contributed by atoms with Gasteiger partial charge in [-0.2, -0.15) is 0 Å². The largest absolute Gasteiger partial charge is 0.320 e. The molecule has 0 aromatic carbocycles. The molecule has 1 heterocycles. The van der Waals surface area contributed by atoms with E-state index in [1.807, 2.05) is 13.0 Å². The lowest BCUT2D eigenvalue weighted by Crippen LogP contribution is -1.93. The molecular weight excluding hydrogens is 136 g/mol. The first-order chi connectivity index (χ1) is 5.34. The van der Waals surface area contributed by atoms with Crippen LogP contribution in [0.5, 0.6) is 0 Å². The van der Waals surface area contributed by atoms with Crippen molar-refractivity contribution in [2.45, 2.75) is 6.92 Å². The van der Waals surface area contributed by atoms with Gasteiger partial charge in [0, 0.05) is 18.0 Å². The fraction of sp³-hybridized carbons (Fsp3) is 0.222. The van der Waals surface area contributed by atoms with Crippen LogP contribution in [0.2, 0.25) is 0 Å². The summed E-state index contributed by atoms with van der Waals surface area (Å²) in [6, 6.07) is 1.89. The predicted molar refractivity (Wildman–Crippen MR) is 44.9 cm³/mol. The van der Waals surface area contributed by atoms with Crippen LogP contribution >= 0.6 is 0 Å². The first-order valence-corrected chi connectivity index (χ1v) is 3.44. The normalized spacial score (nSPS) is 8.55. The van der Waals surface area contributed by atoms with Gasteiger partial charge in [0.1, 0.15) is 0 Å². The molecule has 0 radical (unpaired) electrons. The molecule has 0 atom stereocenters. The zero-order valence-electron chi connectivity index (χ0n) is 6.46. The van der Waals surface area contributed by atoms with Crippen LogP contribution in [-0.4, -0.2) is 11.5 Å². The van der Waals surface area contributed by atoms with Crippen LogP contribution in [0.4, 0.5) is 0 Å². The first-order valence-electron chi connectivity index (χ1n) is 3.44. The third kappa shape index (κ3) is 2.06. The van der Waals surface area contributed by atoms with E-state index in [0.29, 0.717) is 6.54 Å². The van der Waals surface area contributed by atoms with Crippen molar-refractivity contribution in [2.24, 2.45) is 5.73 Å². The van der Waals surface area contributed by atoms with Crippen molar-refractivity contribution in [1.82, 2.24) is 4.98 Å². The molecule has 2 heteroatoms. The Hall–Kier alpha value is -1.33. The first kappa shape index (κ1) is 7.77. The number of aryl methyl sites for hydroxylation is 1. The molecule has 1 aromatic heterocycles. The van der Waals surface area contributed by atoms with Crippen LogP contribution in [0.3, 0.4) is 0 Å². The molecule has 0 fully saturated rings. The van der Waals surface area contributed by atoms with Crippen molar-refractivity contribution in [3.63, 3.8) is 0 Å². The second kappa shape index (κ2) is 3.75. The molecule has 0 aliphatic rings. The average molecular weight is 146 g/mol. The maximum absolute atomic E-state index is 5.24. The monoisotopic (exact) mass is 146 g/mol. The molecule has 11 heavy (non-hydrogen) atoms. The zero-order chi connectivity index (χ0) is 8.10. The van der Waals surface area contributed by atoms with Gasteiger partial charge in [-0.3, -0.25) is 4.98 Å². The van der Waals surface area contributed by atoms with Crippen LogP contribution < -0.4 is 5.73 Å². The molecule has 0 bridgehead atoms. The fourth-order valence-corrected chi connectivity index (χ4v) is 0.760. The zero-order valence-corrected chi connectivity index (χ0v) is 6.46. The number of hydrogen-bond acceptors (Lipinski definition) is 2. The molecule has 56 valence electrons. The van der Waals surface area contributed by atoms with Crippen molar-refractivity contribution in [3.05, 3.63) is 29.6 Å². The van der Waals surface area contributed by atoms with Gasteiger partial charge >= 0.3 is 0 Å². The van der Waals surface area contributed by atoms with Crippen molar-refractivity contribution in [2.75, 3.05) is 6.54 Å². The van der Waals surface area contributed by atoms with Crippen LogP contribution in [0.15, 0.2) is 18.5 Å². The summed E-state index contributed by atoms with van der Waals surface area (Å²) in [5.74, 6) is 5.75. The summed E-state index contributed by atoms with van der Waals surface area (Å²) < 4.78 is 0. The number of nitrogens with zero attached hydrogens (tertiary/aromatic N) is 1. The van der Waals surface area contributed by atoms with E-state index in [1.165, 1.54) is 0 Å². The number of pyridine rings is 1. The maximum atomic E-state index is 5.24. The Kier molecular flexibility index (Phi) is 2.65. The number of hydrogen-bond donors (Lipinski definition) is 1. The molecule has 0 saturated carbocycles. The van der Waals surface area contributed by atoms with Gasteiger partial charge in [-0.15, -0.1) is 0 Å². The van der Waals surface area contributed by atoms with Crippen molar-refractivity contribution < 1.29 is 0 Å². The van der Waals surface area contributed by atoms with Gasteiger partial charge in [-0.05, 0) is 18.6 Å². The highest BCUT2D eigenvalue weighted by molar-refractivity contribution is 5.38. The van der Waals surface area contributed by atoms with Gasteiger partial charge in [0.2, 0.25) is 0 Å². The molecular formula is C9H10N2. The van der Waals surface area contributed by atoms with Gasteiger partial charge in [0.05, 0.1) is 6.54 Å². The Labute approximate surface area is 66.4 Å². The molecule has 0 unspecified atom stereocenters. The maximum Gasteiger partial charge on any atom is 0.0555 e. The van der Waals surface area contributed by atoms with Crippen molar-refractivity contribution in [1.29, 1.82) is 0 Å². The lowest BCUT2D eigenvalue weighted by atomic mass is 10.2. The third-order valence-electron chi connectivity index (χ3n) is 1.35. The van der Waals surface area contributed by atoms with E-state index in [-0.39, 0.29) is 0 Å². The number of nitrogens with two attached hydrogens (primary N) is 1. The number of aromatic nitrogens is 1. The second-order valence-electron chi connectivity index (χ2n) is 2.20. The molecule has 2 N–H and O–H groups in total. The Balaban J connectivity index is 2.95. The lowest BCUT2D eigenvalue weighted by Gasteiger charge is -1.93. The summed E-state index contributed by atoms with van der Waals surface area (Å²) in [4.78, 5) is 3.95. The fourth-order valence-electron chi connectivity index (χ4n) is 0.760. The summed E-state index contributed by atoms with van der Waals surface area (Å²) in [5.41, 5.74) is 7.33. The highest BCUT2D eigenvalue weighted by atomic mass is 14.6. The molecule has 0 aliphatic heterocycles. The van der Waals surface area contributed by atoms with E-state index in [0.717, 1.165) is 11.1 Å². The van der Waals surface area contributed by atoms with E-state index >= 15 is 0 Å². The van der Waals surface area contributed by atoms with Crippen LogP contribution in [-0.2, 0) is 0 Å². The summed E-state index contributed by atoms with van der Waals surface area (Å²) >= 11 is 0. The van der Waals surface area contributed by atoms with Crippen molar-refractivity contribution in [3.8, 4) is 11.8 Å². The Morgan fingerprint density at radius 2 is 2.45 bits per heavy atom. The molecule has 0 spiro atoms. The molecule has 1 aromatic rings. The Morgan fingerprint density at radius 3 is 3.09 bits per heavy atom. The average Bonchev–Trinajstić information content (AvgIpc) is 2.03. The minimum absolute atomic E-state index is 0.405. The molecule has 0 amide bonds. The predicted octanol–water partition coefficient (Wildman–Crippen LogP) is 0.700. The van der Waals surface area contributed by atoms with E-state index in [1.54, 1.807) is 12.4 Å². The standard InChI is InChI=1S/C9H10N2/c1-8-7-11-6-4-9(8)3-2-5-10/h4,6-7H,5,10H2,1H3. The van der Waals surface area contributed by atoms with E-state index in [2.05, 4.69) is 16.8 Å². The topological polar surface area (TPSA) is 38.9 Å². The third-order valence-corrected chi connectivity index (χ3v) is 1.35. The minimum atomic E-state index is 0.405. The summed E-state index contributed by atoms with van der Waals surface area (Å²) in [7, 11) is 0. The quantitative estimate of drug-likeness (QED) is 0.547. The highest BCUT2D eigenvalue weighted by Gasteiger charge is 1.89. The van der Waals surface area contributed by atoms with Gasteiger partial charge in [-0.25, -0.2) is 0 Å². The Morgan fingerprint density at radius 1 is 1.64 bits per heavy atom. The molecule has 0 saturated heterocycles. The van der Waals surface area contributed by atoms with Crippen LogP contribution in [0, 0.1) is 18.8 Å². The summed E-state index contributed by atoms with van der Waals surface area (Å²) in [5, 5.41) is 0. The smallest absolute Gasteiger partial charge is 0.0555 e. The second-order valence-corrected chi connectivity index (χ2v) is 2.20. The number of rotatable bonds is 0. The minimum Gasteiger partial charge on any atom is -0.320 e. The lowest BCUT2D eigenvalue weighted by molar-refractivity contribution is 1.25. The molecule has 1 rings (SSSR count). The SMILES string of the molecule is Cc1cnccc1C#CCN. The van der Waals surface area contributed by atoms with Crippen LogP contribution in [0.1, 0.15) is 11.1 Å². The van der Waals surface area contributed by atoms with Gasteiger partial charge in [-0.1, -0.05) is 11.8 Å². The van der Waals surface area contributed by atoms with E-state index < -0.39 is 0 Å². The molecule has 0 aliphatic carbocycles. The van der Waals surface area contributed by atoms with Crippen LogP contribution in [0.25, 0.3) is 0 Å².